The molecule has 6 nitrogen and oxygen atoms in total. The van der Waals surface area contributed by atoms with E-state index in [2.05, 4.69) is 14.9 Å². The molecule has 3 aromatic rings. The zero-order valence-corrected chi connectivity index (χ0v) is 12.9. The number of aromatic nitrogens is 2. The SMILES string of the molecule is O=C(c1ccco1)N1CCN(c2ncnc3ccc(F)cc23)CC1. The Kier molecular flexibility index (Phi) is 3.60. The van der Waals surface area contributed by atoms with E-state index >= 15 is 0 Å². The zero-order chi connectivity index (χ0) is 16.5. The first-order valence-corrected chi connectivity index (χ1v) is 7.70. The lowest BCUT2D eigenvalue weighted by molar-refractivity contribution is 0.0714. The summed E-state index contributed by atoms with van der Waals surface area (Å²) in [7, 11) is 0. The summed E-state index contributed by atoms with van der Waals surface area (Å²) in [5.74, 6) is 0.617. The number of benzene rings is 1. The topological polar surface area (TPSA) is 62.5 Å². The summed E-state index contributed by atoms with van der Waals surface area (Å²) in [6.07, 6.45) is 2.97. The summed E-state index contributed by atoms with van der Waals surface area (Å²) in [5, 5.41) is 0.684. The summed E-state index contributed by atoms with van der Waals surface area (Å²) in [5.41, 5.74) is 0.704. The fourth-order valence-electron chi connectivity index (χ4n) is 2.94. The zero-order valence-electron chi connectivity index (χ0n) is 12.9. The van der Waals surface area contributed by atoms with Crippen molar-refractivity contribution in [3.05, 3.63) is 54.5 Å². The molecule has 0 bridgehead atoms. The van der Waals surface area contributed by atoms with Crippen molar-refractivity contribution in [2.45, 2.75) is 0 Å². The third-order valence-corrected chi connectivity index (χ3v) is 4.17. The molecule has 0 unspecified atom stereocenters. The molecule has 1 fully saturated rings. The van der Waals surface area contributed by atoms with Gasteiger partial charge in [-0.05, 0) is 30.3 Å². The molecular weight excluding hydrogens is 311 g/mol. The Morgan fingerprint density at radius 2 is 1.96 bits per heavy atom. The third kappa shape index (κ3) is 2.58. The number of amides is 1. The minimum absolute atomic E-state index is 0.113. The molecule has 4 rings (SSSR count). The maximum absolute atomic E-state index is 13.6. The molecule has 3 heterocycles. The maximum atomic E-state index is 13.6. The Bertz CT molecular complexity index is 873. The van der Waals surface area contributed by atoms with Crippen LogP contribution in [0.1, 0.15) is 10.6 Å². The molecule has 7 heteroatoms. The van der Waals surface area contributed by atoms with Gasteiger partial charge in [0.05, 0.1) is 11.8 Å². The van der Waals surface area contributed by atoms with Crippen molar-refractivity contribution < 1.29 is 13.6 Å². The highest BCUT2D eigenvalue weighted by molar-refractivity contribution is 5.92. The first kappa shape index (κ1) is 14.6. The smallest absolute Gasteiger partial charge is 0.289 e. The van der Waals surface area contributed by atoms with Crippen LogP contribution in [0.2, 0.25) is 0 Å². The van der Waals surface area contributed by atoms with Gasteiger partial charge in [0.15, 0.2) is 5.76 Å². The van der Waals surface area contributed by atoms with Gasteiger partial charge in [-0.2, -0.15) is 0 Å². The molecule has 1 saturated heterocycles. The number of hydrogen-bond acceptors (Lipinski definition) is 5. The van der Waals surface area contributed by atoms with Crippen LogP contribution in [-0.2, 0) is 0 Å². The first-order chi connectivity index (χ1) is 11.7. The van der Waals surface area contributed by atoms with Gasteiger partial charge in [-0.15, -0.1) is 0 Å². The molecule has 1 amide bonds. The van der Waals surface area contributed by atoms with E-state index in [1.54, 1.807) is 23.1 Å². The van der Waals surface area contributed by atoms with E-state index in [1.807, 2.05) is 0 Å². The van der Waals surface area contributed by atoms with E-state index in [-0.39, 0.29) is 11.7 Å². The predicted octanol–water partition coefficient (Wildman–Crippen LogP) is 2.32. The monoisotopic (exact) mass is 326 g/mol. The fourth-order valence-corrected chi connectivity index (χ4v) is 2.94. The van der Waals surface area contributed by atoms with Crippen LogP contribution in [-0.4, -0.2) is 47.0 Å². The Hall–Kier alpha value is -2.96. The molecule has 1 aliphatic heterocycles. The molecular formula is C17H15FN4O2. The molecule has 24 heavy (non-hydrogen) atoms. The average Bonchev–Trinajstić information content (AvgIpc) is 3.15. The molecule has 0 atom stereocenters. The van der Waals surface area contributed by atoms with Gasteiger partial charge in [-0.25, -0.2) is 14.4 Å². The number of nitrogens with zero attached hydrogens (tertiary/aromatic N) is 4. The Morgan fingerprint density at radius 3 is 2.71 bits per heavy atom. The van der Waals surface area contributed by atoms with E-state index in [1.165, 1.54) is 24.7 Å². The van der Waals surface area contributed by atoms with E-state index in [9.17, 15) is 9.18 Å². The van der Waals surface area contributed by atoms with Crippen LogP contribution < -0.4 is 4.90 Å². The van der Waals surface area contributed by atoms with E-state index < -0.39 is 0 Å². The number of hydrogen-bond donors (Lipinski definition) is 0. The standard InChI is InChI=1S/C17H15FN4O2/c18-12-3-4-14-13(10-12)16(20-11-19-14)21-5-7-22(8-6-21)17(23)15-2-1-9-24-15/h1-4,9-11H,5-8H2. The number of fused-ring (bicyclic) bond motifs is 1. The summed E-state index contributed by atoms with van der Waals surface area (Å²) < 4.78 is 18.7. The summed E-state index contributed by atoms with van der Waals surface area (Å²) in [4.78, 5) is 24.6. The molecule has 0 radical (unpaired) electrons. The van der Waals surface area contributed by atoms with Crippen LogP contribution in [0.4, 0.5) is 10.2 Å². The van der Waals surface area contributed by atoms with Crippen molar-refractivity contribution in [2.24, 2.45) is 0 Å². The number of carbonyl (C=O) groups excluding carboxylic acids is 1. The van der Waals surface area contributed by atoms with Gasteiger partial charge in [-0.1, -0.05) is 0 Å². The molecule has 0 saturated carbocycles. The van der Waals surface area contributed by atoms with Crippen LogP contribution >= 0.6 is 0 Å². The second-order valence-corrected chi connectivity index (χ2v) is 5.62. The van der Waals surface area contributed by atoms with Crippen LogP contribution in [0.3, 0.4) is 0 Å². The lowest BCUT2D eigenvalue weighted by atomic mass is 10.2. The molecule has 2 aromatic heterocycles. The molecule has 122 valence electrons. The van der Waals surface area contributed by atoms with E-state index in [0.717, 1.165) is 0 Å². The van der Waals surface area contributed by atoms with Gasteiger partial charge < -0.3 is 14.2 Å². The Morgan fingerprint density at radius 1 is 1.12 bits per heavy atom. The molecule has 0 aliphatic carbocycles. The van der Waals surface area contributed by atoms with Crippen LogP contribution in [0, 0.1) is 5.82 Å². The van der Waals surface area contributed by atoms with Crippen molar-refractivity contribution >= 4 is 22.6 Å². The van der Waals surface area contributed by atoms with Gasteiger partial charge in [0.25, 0.3) is 5.91 Å². The molecule has 0 N–H and O–H groups in total. The number of carbonyl (C=O) groups is 1. The lowest BCUT2D eigenvalue weighted by Gasteiger charge is -2.35. The lowest BCUT2D eigenvalue weighted by Crippen LogP contribution is -2.49. The summed E-state index contributed by atoms with van der Waals surface area (Å²) in [6.45, 7) is 2.35. The largest absolute Gasteiger partial charge is 0.459 e. The molecule has 1 aromatic carbocycles. The minimum atomic E-state index is -0.315. The van der Waals surface area contributed by atoms with Crippen molar-refractivity contribution in [3.63, 3.8) is 0 Å². The maximum Gasteiger partial charge on any atom is 0.289 e. The number of piperazine rings is 1. The normalized spacial score (nSPS) is 15.0. The van der Waals surface area contributed by atoms with Crippen LogP contribution in [0.25, 0.3) is 10.9 Å². The average molecular weight is 326 g/mol. The van der Waals surface area contributed by atoms with Gasteiger partial charge >= 0.3 is 0 Å². The Labute approximate surface area is 137 Å². The van der Waals surface area contributed by atoms with Gasteiger partial charge in [0.1, 0.15) is 18.0 Å². The molecule has 1 aliphatic rings. The Balaban J connectivity index is 1.54. The van der Waals surface area contributed by atoms with Crippen molar-refractivity contribution in [2.75, 3.05) is 31.1 Å². The molecule has 0 spiro atoms. The number of rotatable bonds is 2. The third-order valence-electron chi connectivity index (χ3n) is 4.17. The predicted molar refractivity (Wildman–Crippen MR) is 86.3 cm³/mol. The van der Waals surface area contributed by atoms with Gasteiger partial charge in [0.2, 0.25) is 0 Å². The van der Waals surface area contributed by atoms with Crippen LogP contribution in [0.5, 0.6) is 0 Å². The number of halogens is 1. The van der Waals surface area contributed by atoms with Crippen molar-refractivity contribution in [3.8, 4) is 0 Å². The van der Waals surface area contributed by atoms with Crippen molar-refractivity contribution in [1.82, 2.24) is 14.9 Å². The fraction of sp³-hybridized carbons (Fsp3) is 0.235. The van der Waals surface area contributed by atoms with Gasteiger partial charge in [0, 0.05) is 31.6 Å². The summed E-state index contributed by atoms with van der Waals surface area (Å²) in [6, 6.07) is 7.84. The van der Waals surface area contributed by atoms with Gasteiger partial charge in [-0.3, -0.25) is 4.79 Å². The van der Waals surface area contributed by atoms with Crippen LogP contribution in [0.15, 0.2) is 47.3 Å². The quantitative estimate of drug-likeness (QED) is 0.723. The second kappa shape index (κ2) is 5.92. The minimum Gasteiger partial charge on any atom is -0.459 e. The highest BCUT2D eigenvalue weighted by atomic mass is 19.1. The van der Waals surface area contributed by atoms with E-state index in [4.69, 9.17) is 4.42 Å². The second-order valence-electron chi connectivity index (χ2n) is 5.62. The first-order valence-electron chi connectivity index (χ1n) is 7.70. The summed E-state index contributed by atoms with van der Waals surface area (Å²) >= 11 is 0. The number of anilines is 1. The number of furan rings is 1. The highest BCUT2D eigenvalue weighted by Gasteiger charge is 2.25. The highest BCUT2D eigenvalue weighted by Crippen LogP contribution is 2.25. The van der Waals surface area contributed by atoms with Crippen molar-refractivity contribution in [1.29, 1.82) is 0 Å². The van der Waals surface area contributed by atoms with E-state index in [0.29, 0.717) is 48.7 Å².